The zero-order valence-electron chi connectivity index (χ0n) is 17.5. The number of hydrogen-bond acceptors (Lipinski definition) is 9. The molecular formula is C21H29N7OS. The molecular weight excluding hydrogens is 398 g/mol. The fourth-order valence-electron chi connectivity index (χ4n) is 3.72. The van der Waals surface area contributed by atoms with E-state index in [2.05, 4.69) is 39.3 Å². The molecule has 9 heteroatoms. The summed E-state index contributed by atoms with van der Waals surface area (Å²) in [6.45, 7) is 7.02. The van der Waals surface area contributed by atoms with Crippen LogP contribution < -0.4 is 10.6 Å². The zero-order chi connectivity index (χ0) is 20.9. The quantitative estimate of drug-likeness (QED) is 0.499. The number of anilines is 3. The molecule has 1 aliphatic rings. The van der Waals surface area contributed by atoms with Crippen molar-refractivity contribution in [1.29, 1.82) is 0 Å². The molecule has 4 rings (SSSR count). The number of aromatic nitrogens is 4. The second kappa shape index (κ2) is 9.63. The molecule has 0 bridgehead atoms. The van der Waals surface area contributed by atoms with Crippen molar-refractivity contribution in [3.63, 3.8) is 0 Å². The highest BCUT2D eigenvalue weighted by Crippen LogP contribution is 2.27. The Morgan fingerprint density at radius 1 is 1.13 bits per heavy atom. The van der Waals surface area contributed by atoms with Gasteiger partial charge >= 0.3 is 0 Å². The lowest BCUT2D eigenvalue weighted by molar-refractivity contribution is 0.126. The Kier molecular flexibility index (Phi) is 6.71. The van der Waals surface area contributed by atoms with E-state index in [1.807, 2.05) is 18.2 Å². The van der Waals surface area contributed by atoms with Gasteiger partial charge in [0.2, 0.25) is 5.95 Å². The number of hydrogen-bond donors (Lipinski definition) is 3. The van der Waals surface area contributed by atoms with Crippen LogP contribution in [0.15, 0.2) is 24.4 Å². The van der Waals surface area contributed by atoms with Crippen LogP contribution in [0, 0.1) is 0 Å². The lowest BCUT2D eigenvalue weighted by Gasteiger charge is -2.26. The van der Waals surface area contributed by atoms with Crippen LogP contribution in [-0.4, -0.2) is 55.2 Å². The number of aliphatic hydroxyl groups excluding tert-OH is 1. The van der Waals surface area contributed by atoms with E-state index in [1.54, 1.807) is 6.20 Å². The van der Waals surface area contributed by atoms with Crippen LogP contribution in [0.1, 0.15) is 45.2 Å². The lowest BCUT2D eigenvalue weighted by atomic mass is 9.93. The van der Waals surface area contributed by atoms with Gasteiger partial charge in [0, 0.05) is 24.8 Å². The molecule has 1 saturated carbocycles. The summed E-state index contributed by atoms with van der Waals surface area (Å²) in [6.07, 6.45) is 5.10. The van der Waals surface area contributed by atoms with Crippen LogP contribution in [0.3, 0.4) is 0 Å². The minimum absolute atomic E-state index is 0.178. The van der Waals surface area contributed by atoms with Gasteiger partial charge in [0.1, 0.15) is 16.2 Å². The van der Waals surface area contributed by atoms with Crippen molar-refractivity contribution in [1.82, 2.24) is 24.8 Å². The van der Waals surface area contributed by atoms with E-state index in [-0.39, 0.29) is 12.1 Å². The van der Waals surface area contributed by atoms with E-state index >= 15 is 0 Å². The molecule has 3 aromatic rings. The molecule has 3 N–H and O–H groups in total. The third-order valence-corrected chi connectivity index (χ3v) is 6.39. The molecule has 1 fully saturated rings. The molecule has 8 nitrogen and oxygen atoms in total. The molecule has 0 aromatic carbocycles. The first-order chi connectivity index (χ1) is 14.6. The molecule has 0 radical (unpaired) electrons. The van der Waals surface area contributed by atoms with Gasteiger partial charge in [-0.15, -0.1) is 0 Å². The Balaban J connectivity index is 1.57. The molecule has 3 heterocycles. The van der Waals surface area contributed by atoms with Crippen LogP contribution in [0.4, 0.5) is 16.9 Å². The summed E-state index contributed by atoms with van der Waals surface area (Å²) in [5.74, 6) is 1.35. The smallest absolute Gasteiger partial charge is 0.225 e. The van der Waals surface area contributed by atoms with Gasteiger partial charge < -0.3 is 15.7 Å². The normalized spacial score (nSPS) is 19.3. The van der Waals surface area contributed by atoms with Gasteiger partial charge in [-0.25, -0.2) is 15.0 Å². The van der Waals surface area contributed by atoms with Gasteiger partial charge in [-0.2, -0.15) is 4.98 Å². The van der Waals surface area contributed by atoms with E-state index in [0.717, 1.165) is 72.3 Å². The van der Waals surface area contributed by atoms with Gasteiger partial charge in [0.05, 0.1) is 11.8 Å². The number of fused-ring (bicyclic) bond motifs is 1. The molecule has 0 atom stereocenters. The van der Waals surface area contributed by atoms with Crippen molar-refractivity contribution in [2.75, 3.05) is 23.7 Å². The first kappa shape index (κ1) is 20.9. The van der Waals surface area contributed by atoms with Crippen molar-refractivity contribution in [3.8, 4) is 0 Å². The van der Waals surface area contributed by atoms with Crippen LogP contribution in [-0.2, 0) is 6.54 Å². The largest absolute Gasteiger partial charge is 0.393 e. The van der Waals surface area contributed by atoms with Crippen molar-refractivity contribution < 1.29 is 5.11 Å². The third kappa shape index (κ3) is 5.21. The first-order valence-electron chi connectivity index (χ1n) is 10.7. The van der Waals surface area contributed by atoms with Gasteiger partial charge in [0.25, 0.3) is 0 Å². The summed E-state index contributed by atoms with van der Waals surface area (Å²) in [6, 6.07) is 6.13. The van der Waals surface area contributed by atoms with Gasteiger partial charge in [0.15, 0.2) is 5.13 Å². The molecule has 0 amide bonds. The van der Waals surface area contributed by atoms with E-state index < -0.39 is 0 Å². The highest BCUT2D eigenvalue weighted by Gasteiger charge is 2.20. The van der Waals surface area contributed by atoms with Gasteiger partial charge in [-0.3, -0.25) is 4.90 Å². The first-order valence-corrected chi connectivity index (χ1v) is 11.5. The standard InChI is InChI=1S/C21H29N7OS/c1-3-28(4-2)13-15-12-18(27-21-25-17-6-5-11-22-19(17)30-21)26-20(24-15)23-14-7-9-16(29)10-8-14/h5-6,11-12,14,16,29H,3-4,7-10,13H2,1-2H3,(H2,23,24,25,26,27)/t14-,16-. The zero-order valence-corrected chi connectivity index (χ0v) is 18.3. The van der Waals surface area contributed by atoms with Crippen LogP contribution >= 0.6 is 11.3 Å². The van der Waals surface area contributed by atoms with E-state index in [1.165, 1.54) is 11.3 Å². The van der Waals surface area contributed by atoms with Gasteiger partial charge in [-0.1, -0.05) is 25.2 Å². The third-order valence-electron chi connectivity index (χ3n) is 5.49. The Morgan fingerprint density at radius 2 is 1.93 bits per heavy atom. The predicted octanol–water partition coefficient (Wildman–Crippen LogP) is 3.78. The topological polar surface area (TPSA) is 99.1 Å². The molecule has 0 unspecified atom stereocenters. The van der Waals surface area contributed by atoms with E-state index in [0.29, 0.717) is 5.95 Å². The molecule has 0 aliphatic heterocycles. The van der Waals surface area contributed by atoms with Crippen LogP contribution in [0.2, 0.25) is 0 Å². The van der Waals surface area contributed by atoms with Crippen molar-refractivity contribution in [3.05, 3.63) is 30.1 Å². The molecule has 160 valence electrons. The SMILES string of the molecule is CCN(CC)Cc1cc(Nc2nc3cccnc3s2)nc(N[C@H]2CC[C@H](O)CC2)n1. The summed E-state index contributed by atoms with van der Waals surface area (Å²) >= 11 is 1.51. The summed E-state index contributed by atoms with van der Waals surface area (Å²) in [5.41, 5.74) is 1.84. The molecule has 1 aliphatic carbocycles. The van der Waals surface area contributed by atoms with E-state index in [9.17, 15) is 5.11 Å². The summed E-state index contributed by atoms with van der Waals surface area (Å²) < 4.78 is 0. The second-order valence-corrected chi connectivity index (χ2v) is 8.63. The molecule has 30 heavy (non-hydrogen) atoms. The number of thiazole rings is 1. The number of aliphatic hydroxyl groups is 1. The predicted molar refractivity (Wildman–Crippen MR) is 121 cm³/mol. The highest BCUT2D eigenvalue weighted by molar-refractivity contribution is 7.21. The molecule has 3 aromatic heterocycles. The average molecular weight is 428 g/mol. The molecule has 0 spiro atoms. The second-order valence-electron chi connectivity index (χ2n) is 7.65. The summed E-state index contributed by atoms with van der Waals surface area (Å²) in [7, 11) is 0. The fourth-order valence-corrected chi connectivity index (χ4v) is 4.53. The Morgan fingerprint density at radius 3 is 2.67 bits per heavy atom. The highest BCUT2D eigenvalue weighted by atomic mass is 32.1. The van der Waals surface area contributed by atoms with Crippen molar-refractivity contribution in [2.24, 2.45) is 0 Å². The minimum Gasteiger partial charge on any atom is -0.393 e. The van der Waals surface area contributed by atoms with Gasteiger partial charge in [-0.05, 0) is 50.9 Å². The number of pyridine rings is 1. The lowest BCUT2D eigenvalue weighted by Crippen LogP contribution is -2.29. The maximum atomic E-state index is 9.77. The van der Waals surface area contributed by atoms with Crippen molar-refractivity contribution in [2.45, 2.75) is 58.2 Å². The maximum Gasteiger partial charge on any atom is 0.225 e. The Hall–Kier alpha value is -2.36. The van der Waals surface area contributed by atoms with Crippen LogP contribution in [0.5, 0.6) is 0 Å². The summed E-state index contributed by atoms with van der Waals surface area (Å²) in [5, 5.41) is 17.4. The maximum absolute atomic E-state index is 9.77. The Bertz CT molecular complexity index is 934. The number of rotatable bonds is 8. The van der Waals surface area contributed by atoms with Crippen LogP contribution in [0.25, 0.3) is 10.3 Å². The number of nitrogens with zero attached hydrogens (tertiary/aromatic N) is 5. The average Bonchev–Trinajstić information content (AvgIpc) is 3.15. The van der Waals surface area contributed by atoms with Crippen molar-refractivity contribution >= 4 is 38.6 Å². The molecule has 0 saturated heterocycles. The monoisotopic (exact) mass is 427 g/mol. The summed E-state index contributed by atoms with van der Waals surface area (Å²) in [4.78, 5) is 21.7. The Labute approximate surface area is 180 Å². The number of nitrogens with one attached hydrogen (secondary N) is 2. The fraction of sp³-hybridized carbons (Fsp3) is 0.524. The van der Waals surface area contributed by atoms with E-state index in [4.69, 9.17) is 9.97 Å². The minimum atomic E-state index is -0.178.